The number of hydrogen-bond acceptors (Lipinski definition) is 3. The fourth-order valence-corrected chi connectivity index (χ4v) is 10.1. The van der Waals surface area contributed by atoms with Gasteiger partial charge in [0.25, 0.3) is 0 Å². The van der Waals surface area contributed by atoms with Gasteiger partial charge in [0.05, 0.1) is 27.1 Å². The van der Waals surface area contributed by atoms with Crippen LogP contribution in [-0.4, -0.2) is 14.5 Å². The first-order valence-corrected chi connectivity index (χ1v) is 19.0. The molecule has 3 heterocycles. The van der Waals surface area contributed by atoms with E-state index in [1.165, 1.54) is 64.2 Å². The molecule has 0 radical (unpaired) electrons. The predicted octanol–water partition coefficient (Wildman–Crippen LogP) is 13.2. The van der Waals surface area contributed by atoms with Crippen LogP contribution in [0.5, 0.6) is 0 Å². The molecule has 0 spiro atoms. The molecule has 3 nitrogen and oxygen atoms in total. The van der Waals surface area contributed by atoms with Crippen molar-refractivity contribution in [3.05, 3.63) is 175 Å². The van der Waals surface area contributed by atoms with Crippen LogP contribution in [0.4, 0.5) is 0 Å². The number of fused-ring (bicyclic) bond motifs is 12. The molecule has 0 aliphatic heterocycles. The Bertz CT molecular complexity index is 3020. The summed E-state index contributed by atoms with van der Waals surface area (Å²) in [7, 11) is 0. The number of rotatable bonds is 4. The fourth-order valence-electron chi connectivity index (χ4n) is 8.83. The lowest BCUT2D eigenvalue weighted by Gasteiger charge is -2.23. The third-order valence-electron chi connectivity index (χ3n) is 11.2. The summed E-state index contributed by atoms with van der Waals surface area (Å²) in [6.07, 6.45) is 0. The molecule has 0 bridgehead atoms. The second-order valence-corrected chi connectivity index (χ2v) is 15.6. The molecule has 0 amide bonds. The van der Waals surface area contributed by atoms with Gasteiger partial charge in [-0.3, -0.25) is 0 Å². The SMILES string of the molecule is CC1(C)c2ccccc2-c2c1c1c3ccccc3sc1c1c2c2ccccc2n1-c1cccc(-c2cc(-c3ccccc3)nc(-c3ccccc3)n2)c1. The molecule has 11 rings (SSSR count). The summed E-state index contributed by atoms with van der Waals surface area (Å²) >= 11 is 1.92. The standard InChI is InChI=1S/C49H33N3S/c1-49(2)37-25-12-9-22-34(37)42-43-35-23-10-13-26-40(35)52(46(43)47-44(45(42)49)36-24-11-14-27-41(36)53-47)33-21-15-20-32(28-33)39-29-38(30-16-5-3-6-17-30)50-48(51-39)31-18-7-4-8-19-31/h3-29H,1-2H3. The average Bonchev–Trinajstić information content (AvgIpc) is 3.84. The molecule has 0 atom stereocenters. The van der Waals surface area contributed by atoms with Gasteiger partial charge >= 0.3 is 0 Å². The van der Waals surface area contributed by atoms with Crippen molar-refractivity contribution in [2.45, 2.75) is 19.3 Å². The van der Waals surface area contributed by atoms with Gasteiger partial charge in [0, 0.05) is 54.0 Å². The van der Waals surface area contributed by atoms with Crippen molar-refractivity contribution in [1.82, 2.24) is 14.5 Å². The lowest BCUT2D eigenvalue weighted by Crippen LogP contribution is -2.15. The Hall–Kier alpha value is -6.36. The van der Waals surface area contributed by atoms with Crippen LogP contribution in [0, 0.1) is 0 Å². The molecule has 10 aromatic rings. The maximum absolute atomic E-state index is 5.20. The van der Waals surface area contributed by atoms with Gasteiger partial charge in [0.1, 0.15) is 0 Å². The topological polar surface area (TPSA) is 30.7 Å². The van der Waals surface area contributed by atoms with Gasteiger partial charge in [-0.15, -0.1) is 11.3 Å². The normalized spacial score (nSPS) is 13.2. The summed E-state index contributed by atoms with van der Waals surface area (Å²) < 4.78 is 5.16. The average molecular weight is 696 g/mol. The number of benzene rings is 7. The third kappa shape index (κ3) is 4.39. The largest absolute Gasteiger partial charge is 0.308 e. The van der Waals surface area contributed by atoms with Crippen LogP contribution in [0.3, 0.4) is 0 Å². The molecule has 250 valence electrons. The van der Waals surface area contributed by atoms with Crippen LogP contribution in [0.25, 0.3) is 92.7 Å². The van der Waals surface area contributed by atoms with Gasteiger partial charge in [-0.1, -0.05) is 147 Å². The van der Waals surface area contributed by atoms with Crippen molar-refractivity contribution in [3.63, 3.8) is 0 Å². The van der Waals surface area contributed by atoms with Gasteiger partial charge in [-0.05, 0) is 52.6 Å². The number of aromatic nitrogens is 3. The van der Waals surface area contributed by atoms with Crippen LogP contribution in [0.15, 0.2) is 164 Å². The summed E-state index contributed by atoms with van der Waals surface area (Å²) in [5.41, 5.74) is 13.9. The van der Waals surface area contributed by atoms with E-state index in [0.717, 1.165) is 33.8 Å². The second-order valence-electron chi connectivity index (χ2n) is 14.5. The van der Waals surface area contributed by atoms with E-state index in [0.29, 0.717) is 5.82 Å². The Morgan fingerprint density at radius 2 is 1.19 bits per heavy atom. The zero-order valence-electron chi connectivity index (χ0n) is 29.3. The van der Waals surface area contributed by atoms with Crippen LogP contribution >= 0.6 is 11.3 Å². The van der Waals surface area contributed by atoms with E-state index in [2.05, 4.69) is 158 Å². The molecule has 53 heavy (non-hydrogen) atoms. The zero-order valence-corrected chi connectivity index (χ0v) is 30.2. The Morgan fingerprint density at radius 1 is 0.547 bits per heavy atom. The number of para-hydroxylation sites is 1. The Kier molecular flexibility index (Phi) is 6.47. The summed E-state index contributed by atoms with van der Waals surface area (Å²) in [5.74, 6) is 0.716. The van der Waals surface area contributed by atoms with Crippen LogP contribution < -0.4 is 0 Å². The Morgan fingerprint density at radius 3 is 2.00 bits per heavy atom. The smallest absolute Gasteiger partial charge is 0.160 e. The number of thiophene rings is 1. The van der Waals surface area contributed by atoms with E-state index in [1.807, 2.05) is 35.6 Å². The van der Waals surface area contributed by atoms with E-state index >= 15 is 0 Å². The predicted molar refractivity (Wildman–Crippen MR) is 223 cm³/mol. The van der Waals surface area contributed by atoms with Gasteiger partial charge in [-0.2, -0.15) is 0 Å². The van der Waals surface area contributed by atoms with Crippen molar-refractivity contribution >= 4 is 53.3 Å². The molecular weight excluding hydrogens is 663 g/mol. The first-order valence-electron chi connectivity index (χ1n) is 18.2. The summed E-state index contributed by atoms with van der Waals surface area (Å²) in [5, 5.41) is 5.32. The lowest BCUT2D eigenvalue weighted by molar-refractivity contribution is 0.667. The third-order valence-corrected chi connectivity index (χ3v) is 12.3. The van der Waals surface area contributed by atoms with Gasteiger partial charge in [-0.25, -0.2) is 9.97 Å². The van der Waals surface area contributed by atoms with Crippen LogP contribution in [0.1, 0.15) is 25.0 Å². The molecule has 3 aromatic heterocycles. The number of nitrogens with zero attached hydrogens (tertiary/aromatic N) is 3. The minimum atomic E-state index is -0.148. The van der Waals surface area contributed by atoms with Crippen molar-refractivity contribution < 1.29 is 0 Å². The highest BCUT2D eigenvalue weighted by molar-refractivity contribution is 7.26. The Balaban J connectivity index is 1.23. The molecule has 0 unspecified atom stereocenters. The minimum absolute atomic E-state index is 0.148. The molecular formula is C49H33N3S. The number of hydrogen-bond donors (Lipinski definition) is 0. The van der Waals surface area contributed by atoms with Gasteiger partial charge in [0.2, 0.25) is 0 Å². The van der Waals surface area contributed by atoms with E-state index in [1.54, 1.807) is 0 Å². The maximum atomic E-state index is 5.20. The first kappa shape index (κ1) is 30.3. The first-order chi connectivity index (χ1) is 26.1. The highest BCUT2D eigenvalue weighted by Gasteiger charge is 2.40. The maximum Gasteiger partial charge on any atom is 0.160 e. The van der Waals surface area contributed by atoms with Crippen molar-refractivity contribution in [2.75, 3.05) is 0 Å². The molecule has 0 saturated heterocycles. The van der Waals surface area contributed by atoms with Crippen LogP contribution in [0.2, 0.25) is 0 Å². The molecule has 0 saturated carbocycles. The van der Waals surface area contributed by atoms with E-state index in [9.17, 15) is 0 Å². The van der Waals surface area contributed by atoms with Crippen molar-refractivity contribution in [2.24, 2.45) is 0 Å². The van der Waals surface area contributed by atoms with E-state index < -0.39 is 0 Å². The molecule has 1 aliphatic rings. The monoisotopic (exact) mass is 695 g/mol. The summed E-state index contributed by atoms with van der Waals surface area (Å²) in [4.78, 5) is 10.3. The summed E-state index contributed by atoms with van der Waals surface area (Å²) in [6, 6.07) is 58.7. The molecule has 0 fully saturated rings. The highest BCUT2D eigenvalue weighted by atomic mass is 32.1. The second kappa shape index (κ2) is 11.3. The minimum Gasteiger partial charge on any atom is -0.308 e. The lowest BCUT2D eigenvalue weighted by atomic mass is 9.80. The molecule has 4 heteroatoms. The van der Waals surface area contributed by atoms with Gasteiger partial charge < -0.3 is 4.57 Å². The fraction of sp³-hybridized carbons (Fsp3) is 0.0612. The van der Waals surface area contributed by atoms with Crippen molar-refractivity contribution in [3.8, 4) is 50.7 Å². The quantitative estimate of drug-likeness (QED) is 0.183. The molecule has 7 aromatic carbocycles. The highest BCUT2D eigenvalue weighted by Crippen LogP contribution is 2.58. The molecule has 1 aliphatic carbocycles. The van der Waals surface area contributed by atoms with E-state index in [-0.39, 0.29) is 5.41 Å². The zero-order chi connectivity index (χ0) is 35.3. The summed E-state index contributed by atoms with van der Waals surface area (Å²) in [6.45, 7) is 4.82. The van der Waals surface area contributed by atoms with E-state index in [4.69, 9.17) is 9.97 Å². The Labute approximate surface area is 311 Å². The van der Waals surface area contributed by atoms with Crippen molar-refractivity contribution in [1.29, 1.82) is 0 Å². The van der Waals surface area contributed by atoms with Crippen LogP contribution in [-0.2, 0) is 5.41 Å². The molecule has 0 N–H and O–H groups in total. The van der Waals surface area contributed by atoms with Gasteiger partial charge in [0.15, 0.2) is 5.82 Å².